The molecule has 0 bridgehead atoms. The molecule has 1 atom stereocenters. The second-order valence-corrected chi connectivity index (χ2v) is 12.0. The molecule has 3 aromatic carbocycles. The summed E-state index contributed by atoms with van der Waals surface area (Å²) in [4.78, 5) is 16.4. The maximum atomic E-state index is 15.2. The molecule has 0 aromatic heterocycles. The van der Waals surface area contributed by atoms with Gasteiger partial charge < -0.3 is 5.73 Å². The molecule has 1 unspecified atom stereocenters. The molecule has 7 heteroatoms. The van der Waals surface area contributed by atoms with E-state index < -0.39 is 11.7 Å². The Bertz CT molecular complexity index is 1600. The van der Waals surface area contributed by atoms with Crippen LogP contribution in [0.3, 0.4) is 0 Å². The zero-order valence-corrected chi connectivity index (χ0v) is 24.5. The number of aryl methyl sites for hydroxylation is 2. The van der Waals surface area contributed by atoms with Gasteiger partial charge in [-0.25, -0.2) is 4.39 Å². The molecule has 3 aromatic rings. The summed E-state index contributed by atoms with van der Waals surface area (Å²) in [7, 11) is 0. The fraction of sp³-hybridized carbons (Fsp3) is 0.250. The Balaban J connectivity index is 1.66. The maximum absolute atomic E-state index is 15.2. The lowest BCUT2D eigenvalue weighted by Gasteiger charge is -2.40. The van der Waals surface area contributed by atoms with Crippen LogP contribution in [0.15, 0.2) is 86.6 Å². The molecular weight excluding hydrogens is 573 g/mol. The number of rotatable bonds is 5. The van der Waals surface area contributed by atoms with E-state index in [2.05, 4.69) is 60.1 Å². The van der Waals surface area contributed by atoms with Gasteiger partial charge in [-0.15, -0.1) is 11.8 Å². The number of nitriles is 1. The summed E-state index contributed by atoms with van der Waals surface area (Å²) in [5, 5.41) is 10.4. The van der Waals surface area contributed by atoms with Crippen molar-refractivity contribution in [3.63, 3.8) is 0 Å². The van der Waals surface area contributed by atoms with Crippen molar-refractivity contribution in [2.24, 2.45) is 5.73 Å². The van der Waals surface area contributed by atoms with Crippen molar-refractivity contribution in [2.75, 3.05) is 4.90 Å². The van der Waals surface area contributed by atoms with Gasteiger partial charge in [0.05, 0.1) is 23.2 Å². The minimum atomic E-state index is -0.588. The van der Waals surface area contributed by atoms with E-state index in [1.807, 2.05) is 19.1 Å². The Morgan fingerprint density at radius 1 is 1.13 bits per heavy atom. The number of halogens is 2. The molecule has 198 valence electrons. The molecule has 4 nitrogen and oxygen atoms in total. The predicted molar refractivity (Wildman–Crippen MR) is 159 cm³/mol. The van der Waals surface area contributed by atoms with Crippen molar-refractivity contribution in [2.45, 2.75) is 56.6 Å². The normalized spacial score (nSPS) is 17.4. The first kappa shape index (κ1) is 27.2. The summed E-state index contributed by atoms with van der Waals surface area (Å²) in [5.41, 5.74) is 13.8. The van der Waals surface area contributed by atoms with Crippen LogP contribution in [0.5, 0.6) is 0 Å². The van der Waals surface area contributed by atoms with E-state index in [0.29, 0.717) is 35.0 Å². The van der Waals surface area contributed by atoms with Gasteiger partial charge in [-0.3, -0.25) is 9.69 Å². The SMILES string of the molecule is Cc1cc(CSc2ccccc2C)c(C)c(C2C(C#N)=C(N)N(c3ccc(Br)cc3F)C3=C2C(=O)CCC3)c1. The van der Waals surface area contributed by atoms with Gasteiger partial charge in [-0.1, -0.05) is 51.8 Å². The fourth-order valence-electron chi connectivity index (χ4n) is 5.62. The number of Topliss-reactive ketones (excluding diaryl/α,β-unsaturated/α-hetero) is 1. The number of anilines is 1. The highest BCUT2D eigenvalue weighted by Gasteiger charge is 2.41. The number of hydrogen-bond acceptors (Lipinski definition) is 5. The van der Waals surface area contributed by atoms with E-state index in [4.69, 9.17) is 5.73 Å². The number of nitrogens with zero attached hydrogens (tertiary/aromatic N) is 2. The summed E-state index contributed by atoms with van der Waals surface area (Å²) >= 11 is 5.09. The summed E-state index contributed by atoms with van der Waals surface area (Å²) < 4.78 is 15.8. The highest BCUT2D eigenvalue weighted by molar-refractivity contribution is 9.10. The molecule has 5 rings (SSSR count). The Labute approximate surface area is 241 Å². The van der Waals surface area contributed by atoms with Crippen molar-refractivity contribution >= 4 is 39.2 Å². The molecule has 0 fully saturated rings. The van der Waals surface area contributed by atoms with Crippen LogP contribution < -0.4 is 10.6 Å². The van der Waals surface area contributed by atoms with E-state index >= 15 is 4.39 Å². The van der Waals surface area contributed by atoms with E-state index in [1.165, 1.54) is 16.5 Å². The molecule has 0 saturated heterocycles. The number of hydrogen-bond donors (Lipinski definition) is 1. The first-order valence-corrected chi connectivity index (χ1v) is 14.7. The molecule has 0 amide bonds. The lowest BCUT2D eigenvalue weighted by atomic mass is 9.73. The smallest absolute Gasteiger partial charge is 0.161 e. The second kappa shape index (κ2) is 11.0. The molecule has 2 N–H and O–H groups in total. The molecule has 1 aliphatic carbocycles. The van der Waals surface area contributed by atoms with Crippen LogP contribution in [0, 0.1) is 37.9 Å². The van der Waals surface area contributed by atoms with Gasteiger partial charge in [0.2, 0.25) is 0 Å². The second-order valence-electron chi connectivity index (χ2n) is 10.1. The van der Waals surface area contributed by atoms with Gasteiger partial charge in [0.15, 0.2) is 5.78 Å². The van der Waals surface area contributed by atoms with Crippen LogP contribution in [-0.2, 0) is 10.5 Å². The highest BCUT2D eigenvalue weighted by atomic mass is 79.9. The number of carbonyl (C=O) groups is 1. The van der Waals surface area contributed by atoms with Crippen LogP contribution in [0.1, 0.15) is 53.0 Å². The zero-order chi connectivity index (χ0) is 27.8. The molecule has 1 aliphatic heterocycles. The minimum absolute atomic E-state index is 0.0132. The first-order valence-electron chi connectivity index (χ1n) is 12.9. The average Bonchev–Trinajstić information content (AvgIpc) is 2.90. The Kier molecular flexibility index (Phi) is 7.70. The molecule has 0 spiro atoms. The van der Waals surface area contributed by atoms with E-state index in [0.717, 1.165) is 28.0 Å². The van der Waals surface area contributed by atoms with Crippen molar-refractivity contribution in [1.29, 1.82) is 5.26 Å². The Morgan fingerprint density at radius 2 is 1.90 bits per heavy atom. The minimum Gasteiger partial charge on any atom is -0.384 e. The van der Waals surface area contributed by atoms with E-state index in [1.54, 1.807) is 28.8 Å². The number of ketones is 1. The predicted octanol–water partition coefficient (Wildman–Crippen LogP) is 8.11. The number of carbonyl (C=O) groups excluding carboxylic acids is 1. The lowest BCUT2D eigenvalue weighted by molar-refractivity contribution is -0.116. The van der Waals surface area contributed by atoms with Crippen LogP contribution in [0.2, 0.25) is 0 Å². The number of benzene rings is 3. The summed E-state index contributed by atoms with van der Waals surface area (Å²) in [6.07, 6.45) is 1.62. The third kappa shape index (κ3) is 5.04. The molecule has 0 radical (unpaired) electrons. The summed E-state index contributed by atoms with van der Waals surface area (Å²) in [6, 6.07) is 19.6. The van der Waals surface area contributed by atoms with Crippen LogP contribution in [-0.4, -0.2) is 5.78 Å². The van der Waals surface area contributed by atoms with Gasteiger partial charge >= 0.3 is 0 Å². The molecular formula is C32H29BrFN3OS. The Hall–Kier alpha value is -3.34. The molecule has 39 heavy (non-hydrogen) atoms. The summed E-state index contributed by atoms with van der Waals surface area (Å²) in [5.74, 6) is -0.144. The van der Waals surface area contributed by atoms with Crippen molar-refractivity contribution in [3.05, 3.63) is 115 Å². The zero-order valence-electron chi connectivity index (χ0n) is 22.1. The van der Waals surface area contributed by atoms with Gasteiger partial charge in [-0.2, -0.15) is 5.26 Å². The highest BCUT2D eigenvalue weighted by Crippen LogP contribution is 2.48. The standard InChI is InChI=1S/C32H29BrFN3OS/c1-18-13-21(17-39-29-10-5-4-7-19(29)2)20(3)23(14-18)30-24(16-35)32(36)37(26-12-11-22(33)15-25(26)34)27-8-6-9-28(38)31(27)30/h4-5,7,10-15,30H,6,8-9,17,36H2,1-3H3. The van der Waals surface area contributed by atoms with Crippen LogP contribution in [0.25, 0.3) is 0 Å². The van der Waals surface area contributed by atoms with Gasteiger partial charge in [-0.05, 0) is 80.1 Å². The van der Waals surface area contributed by atoms with Crippen molar-refractivity contribution in [3.8, 4) is 6.07 Å². The van der Waals surface area contributed by atoms with Crippen molar-refractivity contribution in [1.82, 2.24) is 0 Å². The van der Waals surface area contributed by atoms with Gasteiger partial charge in [0, 0.05) is 32.8 Å². The third-order valence-electron chi connectivity index (χ3n) is 7.55. The lowest BCUT2D eigenvalue weighted by Crippen LogP contribution is -2.39. The van der Waals surface area contributed by atoms with Crippen molar-refractivity contribution < 1.29 is 9.18 Å². The van der Waals surface area contributed by atoms with Crippen LogP contribution in [0.4, 0.5) is 10.1 Å². The maximum Gasteiger partial charge on any atom is 0.161 e. The average molecular weight is 603 g/mol. The van der Waals surface area contributed by atoms with Crippen LogP contribution >= 0.6 is 27.7 Å². The first-order chi connectivity index (χ1) is 18.7. The third-order valence-corrected chi connectivity index (χ3v) is 9.27. The van der Waals surface area contributed by atoms with Gasteiger partial charge in [0.1, 0.15) is 11.6 Å². The summed E-state index contributed by atoms with van der Waals surface area (Å²) in [6.45, 7) is 6.20. The monoisotopic (exact) mass is 601 g/mol. The molecule has 2 aliphatic rings. The number of nitrogens with two attached hydrogens (primary N) is 1. The fourth-order valence-corrected chi connectivity index (χ4v) is 7.04. The molecule has 0 saturated carbocycles. The number of thioether (sulfide) groups is 1. The van der Waals surface area contributed by atoms with Gasteiger partial charge in [0.25, 0.3) is 0 Å². The quantitative estimate of drug-likeness (QED) is 0.299. The Morgan fingerprint density at radius 3 is 2.62 bits per heavy atom. The number of allylic oxidation sites excluding steroid dienone is 3. The van der Waals surface area contributed by atoms with E-state index in [9.17, 15) is 10.1 Å². The van der Waals surface area contributed by atoms with E-state index in [-0.39, 0.29) is 22.9 Å². The topological polar surface area (TPSA) is 70.1 Å². The molecule has 1 heterocycles. The largest absolute Gasteiger partial charge is 0.384 e.